The molecule has 3 aromatic rings. The predicted molar refractivity (Wildman–Crippen MR) is 137 cm³/mol. The maximum atomic E-state index is 15.2. The van der Waals surface area contributed by atoms with Crippen molar-refractivity contribution in [3.63, 3.8) is 0 Å². The number of hydrogen-bond donors (Lipinski definition) is 0. The van der Waals surface area contributed by atoms with E-state index in [1.807, 2.05) is 6.92 Å². The van der Waals surface area contributed by atoms with E-state index in [-0.39, 0.29) is 41.0 Å². The van der Waals surface area contributed by atoms with Gasteiger partial charge in [-0.1, -0.05) is 42.8 Å². The van der Waals surface area contributed by atoms with E-state index in [2.05, 4.69) is 0 Å². The van der Waals surface area contributed by atoms with Crippen molar-refractivity contribution in [3.8, 4) is 16.9 Å². The molecule has 1 saturated heterocycles. The molecular weight excluding hydrogens is 539 g/mol. The van der Waals surface area contributed by atoms with Gasteiger partial charge in [0.2, 0.25) is 0 Å². The minimum absolute atomic E-state index is 0.106. The second-order valence-corrected chi connectivity index (χ2v) is 10.8. The van der Waals surface area contributed by atoms with E-state index in [0.29, 0.717) is 42.7 Å². The van der Waals surface area contributed by atoms with Crippen molar-refractivity contribution in [3.05, 3.63) is 88.2 Å². The molecule has 1 heterocycles. The highest BCUT2D eigenvalue weighted by atomic mass is 35.5. The van der Waals surface area contributed by atoms with Crippen molar-refractivity contribution < 1.29 is 36.2 Å². The summed E-state index contributed by atoms with van der Waals surface area (Å²) in [5, 5.41) is -0.183. The third-order valence-corrected chi connectivity index (χ3v) is 7.73. The Bertz CT molecular complexity index is 1320. The molecule has 3 nitrogen and oxygen atoms in total. The van der Waals surface area contributed by atoms with E-state index >= 15 is 4.39 Å². The summed E-state index contributed by atoms with van der Waals surface area (Å²) in [6.45, 7) is 3.05. The maximum Gasteiger partial charge on any atom is 0.400 e. The van der Waals surface area contributed by atoms with Crippen LogP contribution in [0.15, 0.2) is 54.6 Å². The van der Waals surface area contributed by atoms with E-state index in [4.69, 9.17) is 25.8 Å². The van der Waals surface area contributed by atoms with Gasteiger partial charge in [0, 0.05) is 23.1 Å². The Labute approximate surface area is 228 Å². The quantitative estimate of drug-likeness (QED) is 0.279. The molecule has 2 aliphatic rings. The molecule has 0 radical (unpaired) electrons. The van der Waals surface area contributed by atoms with Gasteiger partial charge < -0.3 is 14.2 Å². The zero-order valence-electron chi connectivity index (χ0n) is 21.2. The lowest BCUT2D eigenvalue weighted by molar-refractivity contribution is -0.222. The van der Waals surface area contributed by atoms with Gasteiger partial charge in [0.05, 0.1) is 24.2 Å². The molecule has 5 rings (SSSR count). The van der Waals surface area contributed by atoms with Crippen molar-refractivity contribution >= 4 is 11.6 Å². The van der Waals surface area contributed by atoms with Gasteiger partial charge >= 0.3 is 6.11 Å². The molecule has 0 aromatic heterocycles. The average molecular weight is 567 g/mol. The summed E-state index contributed by atoms with van der Waals surface area (Å²) in [7, 11) is 0. The van der Waals surface area contributed by atoms with Gasteiger partial charge in [-0.25, -0.2) is 13.2 Å². The first kappa shape index (κ1) is 27.9. The molecule has 39 heavy (non-hydrogen) atoms. The smallest absolute Gasteiger partial charge is 0.400 e. The Morgan fingerprint density at radius 3 is 2.18 bits per heavy atom. The summed E-state index contributed by atoms with van der Waals surface area (Å²) in [6.07, 6.45) is -3.27. The fourth-order valence-corrected chi connectivity index (χ4v) is 5.37. The van der Waals surface area contributed by atoms with E-state index < -0.39 is 35.8 Å². The first-order chi connectivity index (χ1) is 18.6. The van der Waals surface area contributed by atoms with Crippen LogP contribution in [-0.2, 0) is 9.47 Å². The molecule has 1 aliphatic carbocycles. The predicted octanol–water partition coefficient (Wildman–Crippen LogP) is 9.05. The third kappa shape index (κ3) is 6.23. The third-order valence-electron chi connectivity index (χ3n) is 7.43. The largest absolute Gasteiger partial charge is 0.432 e. The molecular formula is C30H28ClF5O3. The summed E-state index contributed by atoms with van der Waals surface area (Å²) in [6, 6.07) is 12.3. The second-order valence-electron chi connectivity index (χ2n) is 10.4. The number of hydrogen-bond acceptors (Lipinski definition) is 3. The Morgan fingerprint density at radius 2 is 1.54 bits per heavy atom. The highest BCUT2D eigenvalue weighted by Crippen LogP contribution is 2.44. The van der Waals surface area contributed by atoms with Crippen LogP contribution in [0.25, 0.3) is 11.1 Å². The van der Waals surface area contributed by atoms with Crippen LogP contribution >= 0.6 is 11.6 Å². The number of ether oxygens (including phenoxy) is 3. The van der Waals surface area contributed by atoms with Crippen molar-refractivity contribution in [2.24, 2.45) is 11.8 Å². The molecule has 0 unspecified atom stereocenters. The van der Waals surface area contributed by atoms with Crippen LogP contribution in [0.4, 0.5) is 22.0 Å². The van der Waals surface area contributed by atoms with Gasteiger partial charge in [-0.15, -0.1) is 0 Å². The highest BCUT2D eigenvalue weighted by Gasteiger charge is 2.44. The topological polar surface area (TPSA) is 27.7 Å². The normalized spacial score (nSPS) is 24.0. The Balaban J connectivity index is 1.23. The van der Waals surface area contributed by atoms with Crippen LogP contribution in [0.1, 0.15) is 55.9 Å². The van der Waals surface area contributed by atoms with Gasteiger partial charge in [0.25, 0.3) is 0 Å². The fourth-order valence-electron chi connectivity index (χ4n) is 5.25. The maximum absolute atomic E-state index is 15.2. The van der Waals surface area contributed by atoms with Gasteiger partial charge in [0.1, 0.15) is 23.2 Å². The minimum Gasteiger partial charge on any atom is -0.432 e. The van der Waals surface area contributed by atoms with Crippen molar-refractivity contribution in [2.45, 2.75) is 50.9 Å². The molecule has 1 aliphatic heterocycles. The molecule has 0 amide bonds. The number of rotatable bonds is 6. The lowest BCUT2D eigenvalue weighted by Gasteiger charge is -2.33. The van der Waals surface area contributed by atoms with Crippen molar-refractivity contribution in [2.75, 3.05) is 13.2 Å². The zero-order valence-corrected chi connectivity index (χ0v) is 22.0. The molecule has 0 bridgehead atoms. The van der Waals surface area contributed by atoms with E-state index in [1.54, 1.807) is 24.3 Å². The molecule has 0 atom stereocenters. The standard InChI is InChI=1S/C30H28ClF5O3/c1-17-15-37-29(38-16-17)20-5-10-24(27(33)13-20)19-4-9-23(26(32)12-19)18-2-6-21(7-3-18)30(35,36)39-22-8-11-25(31)28(34)14-22/h4-5,8-14,17-18,21,29H,2-3,6-7,15-16H2,1H3. The summed E-state index contributed by atoms with van der Waals surface area (Å²) in [4.78, 5) is 0. The minimum atomic E-state index is -3.51. The van der Waals surface area contributed by atoms with Crippen molar-refractivity contribution in [1.29, 1.82) is 0 Å². The van der Waals surface area contributed by atoms with Gasteiger partial charge in [-0.3, -0.25) is 0 Å². The van der Waals surface area contributed by atoms with E-state index in [9.17, 15) is 17.6 Å². The Hall–Kier alpha value is -2.68. The molecule has 2 fully saturated rings. The summed E-state index contributed by atoms with van der Waals surface area (Å²) in [5.74, 6) is -3.26. The van der Waals surface area contributed by atoms with Crippen LogP contribution in [0.3, 0.4) is 0 Å². The fraction of sp³-hybridized carbons (Fsp3) is 0.400. The monoisotopic (exact) mass is 566 g/mol. The summed E-state index contributed by atoms with van der Waals surface area (Å²) < 4.78 is 89.4. The molecule has 1 saturated carbocycles. The molecule has 9 heteroatoms. The lowest BCUT2D eigenvalue weighted by Crippen LogP contribution is -2.37. The van der Waals surface area contributed by atoms with Gasteiger partial charge in [0.15, 0.2) is 6.29 Å². The van der Waals surface area contributed by atoms with Crippen LogP contribution < -0.4 is 4.74 Å². The van der Waals surface area contributed by atoms with Crippen LogP contribution in [0.5, 0.6) is 5.75 Å². The van der Waals surface area contributed by atoms with Crippen molar-refractivity contribution in [1.82, 2.24) is 0 Å². The molecule has 0 spiro atoms. The highest BCUT2D eigenvalue weighted by molar-refractivity contribution is 6.30. The lowest BCUT2D eigenvalue weighted by atomic mass is 9.77. The number of benzene rings is 3. The molecule has 3 aromatic carbocycles. The van der Waals surface area contributed by atoms with Crippen LogP contribution in [0, 0.1) is 29.3 Å². The Kier molecular flexibility index (Phi) is 8.17. The first-order valence-corrected chi connectivity index (χ1v) is 13.3. The Morgan fingerprint density at radius 1 is 0.821 bits per heavy atom. The van der Waals surface area contributed by atoms with Gasteiger partial charge in [-0.05, 0) is 67.0 Å². The van der Waals surface area contributed by atoms with Crippen LogP contribution in [0.2, 0.25) is 5.02 Å². The SMILES string of the molecule is CC1COC(c2ccc(-c3ccc(C4CCC(C(F)(F)Oc5ccc(Cl)c(F)c5)CC4)c(F)c3)c(F)c2)OC1. The number of alkyl halides is 2. The summed E-state index contributed by atoms with van der Waals surface area (Å²) >= 11 is 5.60. The zero-order chi connectivity index (χ0) is 27.7. The molecule has 0 N–H and O–H groups in total. The number of halogens is 6. The summed E-state index contributed by atoms with van der Waals surface area (Å²) in [5.41, 5.74) is 1.59. The van der Waals surface area contributed by atoms with E-state index in [0.717, 1.165) is 12.1 Å². The van der Waals surface area contributed by atoms with Gasteiger partial charge in [-0.2, -0.15) is 8.78 Å². The molecule has 208 valence electrons. The second kappa shape index (κ2) is 11.4. The van der Waals surface area contributed by atoms with Crippen LogP contribution in [-0.4, -0.2) is 19.3 Å². The average Bonchev–Trinajstić information content (AvgIpc) is 2.91. The van der Waals surface area contributed by atoms with E-state index in [1.165, 1.54) is 18.2 Å². The first-order valence-electron chi connectivity index (χ1n) is 12.9.